The van der Waals surface area contributed by atoms with E-state index < -0.39 is 11.6 Å². The molecule has 3 heterocycles. The van der Waals surface area contributed by atoms with Crippen LogP contribution in [0.5, 0.6) is 0 Å². The zero-order valence-electron chi connectivity index (χ0n) is 17.1. The van der Waals surface area contributed by atoms with Gasteiger partial charge < -0.3 is 10.6 Å². The van der Waals surface area contributed by atoms with Crippen molar-refractivity contribution >= 4 is 23.0 Å². The van der Waals surface area contributed by atoms with Crippen molar-refractivity contribution in [1.29, 1.82) is 0 Å². The number of hydrogen-bond donors (Lipinski definition) is 1. The lowest BCUT2D eigenvalue weighted by Gasteiger charge is -2.15. The third-order valence-electron chi connectivity index (χ3n) is 5.46. The highest BCUT2D eigenvalue weighted by atomic mass is 16.2. The molecule has 0 saturated carbocycles. The van der Waals surface area contributed by atoms with Gasteiger partial charge in [0.25, 0.3) is 5.91 Å². The second-order valence-electron chi connectivity index (χ2n) is 7.50. The van der Waals surface area contributed by atoms with Crippen LogP contribution in [0.4, 0.5) is 0 Å². The van der Waals surface area contributed by atoms with Crippen molar-refractivity contribution in [2.75, 3.05) is 13.1 Å². The second-order valence-corrected chi connectivity index (χ2v) is 7.50. The molecule has 156 valence electrons. The SMILES string of the molecule is CCn1c(=O)n(CC(=O)N2CCCC2)c2c(C(N)=O)nc(-c3ccc(C)cc3)nc21. The van der Waals surface area contributed by atoms with Gasteiger partial charge >= 0.3 is 5.69 Å². The maximum absolute atomic E-state index is 13.1. The number of carbonyl (C=O) groups excluding carboxylic acids is 2. The van der Waals surface area contributed by atoms with Gasteiger partial charge in [-0.2, -0.15) is 0 Å². The Morgan fingerprint density at radius 2 is 1.73 bits per heavy atom. The summed E-state index contributed by atoms with van der Waals surface area (Å²) in [6.07, 6.45) is 1.90. The number of aryl methyl sites for hydroxylation is 2. The maximum atomic E-state index is 13.1. The van der Waals surface area contributed by atoms with Crippen LogP contribution >= 0.6 is 0 Å². The van der Waals surface area contributed by atoms with Crippen LogP contribution in [0.25, 0.3) is 22.6 Å². The van der Waals surface area contributed by atoms with Crippen molar-refractivity contribution < 1.29 is 9.59 Å². The lowest BCUT2D eigenvalue weighted by Crippen LogP contribution is -2.35. The van der Waals surface area contributed by atoms with Gasteiger partial charge in [-0.1, -0.05) is 29.8 Å². The van der Waals surface area contributed by atoms with Gasteiger partial charge in [-0.15, -0.1) is 0 Å². The molecule has 9 nitrogen and oxygen atoms in total. The van der Waals surface area contributed by atoms with Crippen LogP contribution in [0.2, 0.25) is 0 Å². The number of fused-ring (bicyclic) bond motifs is 1. The monoisotopic (exact) mass is 408 g/mol. The molecule has 0 radical (unpaired) electrons. The average Bonchev–Trinajstić information content (AvgIpc) is 3.35. The van der Waals surface area contributed by atoms with E-state index in [2.05, 4.69) is 9.97 Å². The molecule has 3 aromatic rings. The Kier molecular flexibility index (Phi) is 5.11. The molecule has 2 aromatic heterocycles. The van der Waals surface area contributed by atoms with Crippen LogP contribution in [0.3, 0.4) is 0 Å². The summed E-state index contributed by atoms with van der Waals surface area (Å²) >= 11 is 0. The molecular formula is C21H24N6O3. The fourth-order valence-corrected chi connectivity index (χ4v) is 3.85. The predicted molar refractivity (Wildman–Crippen MR) is 112 cm³/mol. The van der Waals surface area contributed by atoms with Crippen molar-refractivity contribution in [1.82, 2.24) is 24.0 Å². The number of amides is 2. The molecule has 0 bridgehead atoms. The maximum Gasteiger partial charge on any atom is 0.330 e. The first-order valence-corrected chi connectivity index (χ1v) is 10.1. The molecule has 1 aromatic carbocycles. The quantitative estimate of drug-likeness (QED) is 0.683. The van der Waals surface area contributed by atoms with Gasteiger partial charge in [0.2, 0.25) is 5.91 Å². The number of likely N-dealkylation sites (tertiary alicyclic amines) is 1. The summed E-state index contributed by atoms with van der Waals surface area (Å²) in [5, 5.41) is 0. The van der Waals surface area contributed by atoms with E-state index in [0.717, 1.165) is 18.4 Å². The Bertz CT molecular complexity index is 1190. The number of nitrogens with two attached hydrogens (primary N) is 1. The molecule has 0 unspecified atom stereocenters. The zero-order valence-corrected chi connectivity index (χ0v) is 17.1. The summed E-state index contributed by atoms with van der Waals surface area (Å²) in [5.74, 6) is -0.629. The van der Waals surface area contributed by atoms with Gasteiger partial charge in [-0.25, -0.2) is 14.8 Å². The lowest BCUT2D eigenvalue weighted by molar-refractivity contribution is -0.130. The highest BCUT2D eigenvalue weighted by Gasteiger charge is 2.26. The number of hydrogen-bond acceptors (Lipinski definition) is 5. The van der Waals surface area contributed by atoms with E-state index in [1.165, 1.54) is 9.13 Å². The normalized spacial score (nSPS) is 13.9. The number of nitrogens with zero attached hydrogens (tertiary/aromatic N) is 5. The van der Waals surface area contributed by atoms with Crippen molar-refractivity contribution in [3.05, 3.63) is 46.0 Å². The number of benzene rings is 1. The number of carbonyl (C=O) groups is 2. The van der Waals surface area contributed by atoms with Crippen LogP contribution in [0.1, 0.15) is 35.8 Å². The molecule has 9 heteroatoms. The molecule has 2 amide bonds. The van der Waals surface area contributed by atoms with Crippen LogP contribution < -0.4 is 11.4 Å². The molecule has 1 fully saturated rings. The summed E-state index contributed by atoms with van der Waals surface area (Å²) in [5.41, 5.74) is 7.45. The van der Waals surface area contributed by atoms with Gasteiger partial charge in [0.05, 0.1) is 0 Å². The summed E-state index contributed by atoms with van der Waals surface area (Å²) in [6, 6.07) is 7.53. The van der Waals surface area contributed by atoms with Crippen molar-refractivity contribution in [2.45, 2.75) is 39.8 Å². The van der Waals surface area contributed by atoms with Gasteiger partial charge in [-0.3, -0.25) is 18.7 Å². The summed E-state index contributed by atoms with van der Waals surface area (Å²) in [7, 11) is 0. The van der Waals surface area contributed by atoms with E-state index in [1.807, 2.05) is 38.1 Å². The molecular weight excluding hydrogens is 384 g/mol. The Balaban J connectivity index is 1.91. The van der Waals surface area contributed by atoms with Crippen LogP contribution in [0.15, 0.2) is 29.1 Å². The molecule has 1 aliphatic heterocycles. The van der Waals surface area contributed by atoms with Crippen molar-refractivity contribution in [2.24, 2.45) is 5.73 Å². The van der Waals surface area contributed by atoms with Crippen LogP contribution in [-0.2, 0) is 17.9 Å². The Hall–Kier alpha value is -3.49. The van der Waals surface area contributed by atoms with Gasteiger partial charge in [0.1, 0.15) is 12.1 Å². The minimum Gasteiger partial charge on any atom is -0.364 e. The minimum atomic E-state index is -0.772. The molecule has 0 atom stereocenters. The number of aromatic nitrogens is 4. The van der Waals surface area contributed by atoms with Gasteiger partial charge in [-0.05, 0) is 26.7 Å². The fourth-order valence-electron chi connectivity index (χ4n) is 3.85. The zero-order chi connectivity index (χ0) is 21.4. The first-order valence-electron chi connectivity index (χ1n) is 10.1. The third kappa shape index (κ3) is 3.36. The molecule has 2 N–H and O–H groups in total. The number of rotatable bonds is 5. The second kappa shape index (κ2) is 7.74. The standard InChI is InChI=1S/C21H24N6O3/c1-3-26-20-17(27(21(26)30)12-15(28)25-10-4-5-11-25)16(18(22)29)23-19(24-20)14-8-6-13(2)7-9-14/h6-9H,3-5,10-12H2,1-2H3,(H2,22,29). The Morgan fingerprint density at radius 3 is 2.33 bits per heavy atom. The average molecular weight is 408 g/mol. The summed E-state index contributed by atoms with van der Waals surface area (Å²) in [4.78, 5) is 48.7. The molecule has 30 heavy (non-hydrogen) atoms. The van der Waals surface area contributed by atoms with Gasteiger partial charge in [0.15, 0.2) is 17.2 Å². The van der Waals surface area contributed by atoms with Crippen molar-refractivity contribution in [3.63, 3.8) is 0 Å². The van der Waals surface area contributed by atoms with Crippen LogP contribution in [0, 0.1) is 6.92 Å². The predicted octanol–water partition coefficient (Wildman–Crippen LogP) is 1.31. The third-order valence-corrected chi connectivity index (χ3v) is 5.46. The van der Waals surface area contributed by atoms with E-state index in [9.17, 15) is 14.4 Å². The molecule has 0 spiro atoms. The topological polar surface area (TPSA) is 116 Å². The molecule has 1 saturated heterocycles. The fraction of sp³-hybridized carbons (Fsp3) is 0.381. The highest BCUT2D eigenvalue weighted by Crippen LogP contribution is 2.22. The van der Waals surface area contributed by atoms with E-state index in [4.69, 9.17) is 5.73 Å². The summed E-state index contributed by atoms with van der Waals surface area (Å²) < 4.78 is 2.72. The Labute approximate surface area is 173 Å². The van der Waals surface area contributed by atoms with E-state index in [-0.39, 0.29) is 23.7 Å². The Morgan fingerprint density at radius 1 is 1.07 bits per heavy atom. The van der Waals surface area contributed by atoms with E-state index in [0.29, 0.717) is 36.7 Å². The first kappa shape index (κ1) is 19.8. The van der Waals surface area contributed by atoms with Crippen LogP contribution in [-0.4, -0.2) is 48.9 Å². The van der Waals surface area contributed by atoms with E-state index >= 15 is 0 Å². The largest absolute Gasteiger partial charge is 0.364 e. The van der Waals surface area contributed by atoms with Crippen molar-refractivity contribution in [3.8, 4) is 11.4 Å². The lowest BCUT2D eigenvalue weighted by atomic mass is 10.1. The number of primary amides is 1. The molecule has 1 aliphatic rings. The molecule has 4 rings (SSSR count). The van der Waals surface area contributed by atoms with E-state index in [1.54, 1.807) is 4.90 Å². The highest BCUT2D eigenvalue weighted by molar-refractivity contribution is 6.02. The minimum absolute atomic E-state index is 0.0610. The smallest absolute Gasteiger partial charge is 0.330 e. The van der Waals surface area contributed by atoms with Gasteiger partial charge in [0, 0.05) is 25.2 Å². The molecule has 0 aliphatic carbocycles. The number of imidazole rings is 1. The summed E-state index contributed by atoms with van der Waals surface area (Å²) in [6.45, 7) is 5.30. The first-order chi connectivity index (χ1) is 14.4.